The fraction of sp³-hybridized carbons (Fsp3) is 0.417. The molecule has 1 rings (SSSR count). The number of hydrogen-bond acceptors (Lipinski definition) is 3. The quantitative estimate of drug-likeness (QED) is 0.457. The van der Waals surface area contributed by atoms with Crippen LogP contribution in [0.3, 0.4) is 0 Å². The first-order valence-corrected chi connectivity index (χ1v) is 5.42. The fourth-order valence-corrected chi connectivity index (χ4v) is 1.53. The van der Waals surface area contributed by atoms with Gasteiger partial charge in [-0.3, -0.25) is 4.39 Å². The van der Waals surface area contributed by atoms with Crippen molar-refractivity contribution in [3.05, 3.63) is 23.8 Å². The molecule has 0 amide bonds. The molecule has 94 valence electrons. The van der Waals surface area contributed by atoms with E-state index in [1.807, 2.05) is 0 Å². The van der Waals surface area contributed by atoms with Crippen LogP contribution in [-0.4, -0.2) is 23.0 Å². The number of phenols is 1. The van der Waals surface area contributed by atoms with E-state index in [4.69, 9.17) is 5.11 Å². The molecule has 0 aliphatic carbocycles. The van der Waals surface area contributed by atoms with Crippen LogP contribution in [0.2, 0.25) is 0 Å². The Kier molecular flexibility index (Phi) is 5.26. The second kappa shape index (κ2) is 6.73. The monoisotopic (exact) mass is 242 g/mol. The summed E-state index contributed by atoms with van der Waals surface area (Å²) in [5, 5.41) is 18.2. The lowest BCUT2D eigenvalue weighted by atomic mass is 10.1. The highest BCUT2D eigenvalue weighted by molar-refractivity contribution is 5.63. The van der Waals surface area contributed by atoms with Crippen molar-refractivity contribution in [3.63, 3.8) is 0 Å². The summed E-state index contributed by atoms with van der Waals surface area (Å²) in [6, 6.07) is 4.69. The average molecular weight is 242 g/mol. The van der Waals surface area contributed by atoms with Gasteiger partial charge in [-0.05, 0) is 30.9 Å². The third-order valence-electron chi connectivity index (χ3n) is 2.36. The summed E-state index contributed by atoms with van der Waals surface area (Å²) in [4.78, 5) is 10.4. The van der Waals surface area contributed by atoms with Gasteiger partial charge in [-0.1, -0.05) is 18.6 Å². The van der Waals surface area contributed by atoms with Gasteiger partial charge in [-0.15, -0.1) is 0 Å². The van der Waals surface area contributed by atoms with E-state index < -0.39 is 6.16 Å². The molecule has 0 saturated heterocycles. The van der Waals surface area contributed by atoms with Gasteiger partial charge in [0, 0.05) is 0 Å². The number of phenolic OH excluding ortho intramolecular Hbond substituents is 1. The van der Waals surface area contributed by atoms with Crippen LogP contribution in [0.15, 0.2) is 18.2 Å². The van der Waals surface area contributed by atoms with Crippen LogP contribution in [0.25, 0.3) is 0 Å². The maximum absolute atomic E-state index is 11.9. The Bertz CT molecular complexity index is 379. The Morgan fingerprint density at radius 3 is 2.71 bits per heavy atom. The first kappa shape index (κ1) is 13.3. The molecule has 0 aliphatic rings. The fourth-order valence-electron chi connectivity index (χ4n) is 1.53. The first-order chi connectivity index (χ1) is 8.15. The summed E-state index contributed by atoms with van der Waals surface area (Å²) in [6.45, 7) is -0.339. The average Bonchev–Trinajstić information content (AvgIpc) is 2.28. The van der Waals surface area contributed by atoms with Crippen molar-refractivity contribution in [2.24, 2.45) is 0 Å². The molecule has 0 heterocycles. The normalized spacial score (nSPS) is 10.2. The highest BCUT2D eigenvalue weighted by Gasteiger charge is 2.10. The largest absolute Gasteiger partial charge is 0.511 e. The SMILES string of the molecule is O=C(O)Oc1cccc(CCCCCF)c1O. The second-order valence-corrected chi connectivity index (χ2v) is 3.63. The number of unbranched alkanes of at least 4 members (excludes halogenated alkanes) is 2. The number of aryl methyl sites for hydroxylation is 1. The second-order valence-electron chi connectivity index (χ2n) is 3.63. The van der Waals surface area contributed by atoms with E-state index in [9.17, 15) is 14.3 Å². The summed E-state index contributed by atoms with van der Waals surface area (Å²) in [5.74, 6) is -0.226. The predicted octanol–water partition coefficient (Wildman–Crippen LogP) is 3.13. The van der Waals surface area contributed by atoms with Gasteiger partial charge >= 0.3 is 6.16 Å². The highest BCUT2D eigenvalue weighted by Crippen LogP contribution is 2.30. The minimum Gasteiger partial charge on any atom is -0.504 e. The summed E-state index contributed by atoms with van der Waals surface area (Å²) in [7, 11) is 0. The maximum Gasteiger partial charge on any atom is 0.511 e. The van der Waals surface area contributed by atoms with Crippen LogP contribution < -0.4 is 4.74 Å². The molecule has 0 aliphatic heterocycles. The van der Waals surface area contributed by atoms with Gasteiger partial charge in [-0.2, -0.15) is 0 Å². The molecule has 1 aromatic rings. The Hall–Kier alpha value is -1.78. The van der Waals surface area contributed by atoms with E-state index in [0.717, 1.165) is 12.8 Å². The number of halogens is 1. The summed E-state index contributed by atoms with van der Waals surface area (Å²) < 4.78 is 16.3. The molecule has 1 aromatic carbocycles. The van der Waals surface area contributed by atoms with Crippen molar-refractivity contribution >= 4 is 6.16 Å². The zero-order valence-electron chi connectivity index (χ0n) is 9.36. The topological polar surface area (TPSA) is 66.8 Å². The van der Waals surface area contributed by atoms with Crippen LogP contribution in [0.5, 0.6) is 11.5 Å². The van der Waals surface area contributed by atoms with Crippen LogP contribution >= 0.6 is 0 Å². The molecule has 0 spiro atoms. The number of carboxylic acid groups (broad SMARTS) is 1. The van der Waals surface area contributed by atoms with E-state index >= 15 is 0 Å². The van der Waals surface area contributed by atoms with E-state index in [1.54, 1.807) is 12.1 Å². The summed E-state index contributed by atoms with van der Waals surface area (Å²) >= 11 is 0. The lowest BCUT2D eigenvalue weighted by Gasteiger charge is -2.08. The number of hydrogen-bond donors (Lipinski definition) is 2. The third kappa shape index (κ3) is 4.30. The number of alkyl halides is 1. The van der Waals surface area contributed by atoms with Gasteiger partial charge in [0.2, 0.25) is 0 Å². The summed E-state index contributed by atoms with van der Waals surface area (Å²) in [5.41, 5.74) is 0.614. The number of para-hydroxylation sites is 1. The first-order valence-electron chi connectivity index (χ1n) is 5.42. The minimum atomic E-state index is -1.46. The van der Waals surface area contributed by atoms with Gasteiger partial charge in [0.25, 0.3) is 0 Å². The van der Waals surface area contributed by atoms with Crippen LogP contribution in [0.4, 0.5) is 9.18 Å². The zero-order chi connectivity index (χ0) is 12.7. The van der Waals surface area contributed by atoms with Crippen molar-refractivity contribution in [2.45, 2.75) is 25.7 Å². The van der Waals surface area contributed by atoms with Crippen molar-refractivity contribution in [2.75, 3.05) is 6.67 Å². The van der Waals surface area contributed by atoms with E-state index in [-0.39, 0.29) is 18.2 Å². The predicted molar refractivity (Wildman–Crippen MR) is 60.3 cm³/mol. The molecule has 5 heteroatoms. The molecule has 0 fully saturated rings. The molecule has 0 radical (unpaired) electrons. The van der Waals surface area contributed by atoms with Gasteiger partial charge in [0.15, 0.2) is 11.5 Å². The van der Waals surface area contributed by atoms with Crippen molar-refractivity contribution in [1.29, 1.82) is 0 Å². The Morgan fingerprint density at radius 1 is 1.29 bits per heavy atom. The van der Waals surface area contributed by atoms with E-state index in [0.29, 0.717) is 18.4 Å². The molecule has 0 aromatic heterocycles. The number of benzene rings is 1. The Balaban J connectivity index is 2.63. The summed E-state index contributed by atoms with van der Waals surface area (Å²) in [6.07, 6.45) is 1.10. The molecule has 0 bridgehead atoms. The number of ether oxygens (including phenoxy) is 1. The third-order valence-corrected chi connectivity index (χ3v) is 2.36. The van der Waals surface area contributed by atoms with E-state index in [1.165, 1.54) is 6.07 Å². The smallest absolute Gasteiger partial charge is 0.504 e. The molecule has 2 N–H and O–H groups in total. The zero-order valence-corrected chi connectivity index (χ0v) is 9.36. The molecular weight excluding hydrogens is 227 g/mol. The molecule has 0 atom stereocenters. The number of aromatic hydroxyl groups is 1. The maximum atomic E-state index is 11.9. The minimum absolute atomic E-state index is 0.0690. The lowest BCUT2D eigenvalue weighted by Crippen LogP contribution is -2.03. The van der Waals surface area contributed by atoms with Crippen LogP contribution in [0, 0.1) is 0 Å². The van der Waals surface area contributed by atoms with Crippen LogP contribution in [-0.2, 0) is 6.42 Å². The standard InChI is InChI=1S/C12H15FO4/c13-8-3-1-2-5-9-6-4-7-10(11(9)14)17-12(15)16/h4,6-7,14H,1-3,5,8H2,(H,15,16). The van der Waals surface area contributed by atoms with Gasteiger partial charge < -0.3 is 14.9 Å². The van der Waals surface area contributed by atoms with E-state index in [2.05, 4.69) is 4.74 Å². The van der Waals surface area contributed by atoms with Gasteiger partial charge in [0.1, 0.15) is 0 Å². The van der Waals surface area contributed by atoms with Crippen LogP contribution in [0.1, 0.15) is 24.8 Å². The van der Waals surface area contributed by atoms with Crippen molar-refractivity contribution in [1.82, 2.24) is 0 Å². The lowest BCUT2D eigenvalue weighted by molar-refractivity contribution is 0.143. The van der Waals surface area contributed by atoms with Gasteiger partial charge in [-0.25, -0.2) is 4.79 Å². The van der Waals surface area contributed by atoms with Crippen molar-refractivity contribution < 1.29 is 24.1 Å². The molecule has 17 heavy (non-hydrogen) atoms. The molecule has 0 unspecified atom stereocenters. The Morgan fingerprint density at radius 2 is 2.06 bits per heavy atom. The Labute approximate surface area is 98.7 Å². The molecule has 4 nitrogen and oxygen atoms in total. The highest BCUT2D eigenvalue weighted by atomic mass is 19.1. The molecular formula is C12H15FO4. The van der Waals surface area contributed by atoms with Gasteiger partial charge in [0.05, 0.1) is 6.67 Å². The van der Waals surface area contributed by atoms with Crippen molar-refractivity contribution in [3.8, 4) is 11.5 Å². The molecule has 0 saturated carbocycles. The number of rotatable bonds is 6. The number of carbonyl (C=O) groups is 1.